The molecule has 0 saturated heterocycles. The minimum Gasteiger partial charge on any atom is -0.439 e. The zero-order valence-corrected chi connectivity index (χ0v) is 17.7. The predicted molar refractivity (Wildman–Crippen MR) is 122 cm³/mol. The van der Waals surface area contributed by atoms with Crippen LogP contribution in [0.4, 0.5) is 21.8 Å². The van der Waals surface area contributed by atoms with Gasteiger partial charge >= 0.3 is 11.4 Å². The average molecular weight is 448 g/mol. The van der Waals surface area contributed by atoms with Crippen LogP contribution >= 0.6 is 0 Å². The second-order valence-electron chi connectivity index (χ2n) is 7.11. The number of nitrogen functional groups attached to an aromatic ring is 1. The lowest BCUT2D eigenvalue weighted by Crippen LogP contribution is -2.42. The Morgan fingerprint density at radius 3 is 2.36 bits per heavy atom. The van der Waals surface area contributed by atoms with Gasteiger partial charge in [-0.1, -0.05) is 18.2 Å². The van der Waals surface area contributed by atoms with Gasteiger partial charge in [0, 0.05) is 18.3 Å². The van der Waals surface area contributed by atoms with E-state index in [9.17, 15) is 14.0 Å². The van der Waals surface area contributed by atoms with Crippen LogP contribution in [0, 0.1) is 5.82 Å². The quantitative estimate of drug-likeness (QED) is 0.446. The highest BCUT2D eigenvalue weighted by atomic mass is 19.1. The number of nitrogens with one attached hydrogen (secondary N) is 1. The van der Waals surface area contributed by atoms with E-state index in [0.29, 0.717) is 28.7 Å². The molecule has 0 bridgehead atoms. The lowest BCUT2D eigenvalue weighted by Gasteiger charge is -2.15. The number of nitrogens with two attached hydrogens (primary N) is 1. The second kappa shape index (κ2) is 9.35. The molecule has 9 nitrogen and oxygen atoms in total. The van der Waals surface area contributed by atoms with Gasteiger partial charge in [-0.15, -0.1) is 0 Å². The third-order valence-corrected chi connectivity index (χ3v) is 4.80. The van der Waals surface area contributed by atoms with Crippen molar-refractivity contribution in [3.63, 3.8) is 0 Å². The number of halogens is 1. The fourth-order valence-corrected chi connectivity index (χ4v) is 3.15. The summed E-state index contributed by atoms with van der Waals surface area (Å²) in [4.78, 5) is 33.4. The van der Waals surface area contributed by atoms with Gasteiger partial charge in [0.15, 0.2) is 0 Å². The minimum absolute atomic E-state index is 0.0743. The van der Waals surface area contributed by atoms with Crippen LogP contribution < -0.4 is 27.2 Å². The highest BCUT2D eigenvalue weighted by Gasteiger charge is 2.13. The molecule has 2 aromatic carbocycles. The maximum atomic E-state index is 13.3. The molecule has 0 saturated carbocycles. The SMILES string of the molecule is CCn1c(=O)nc(Nc2ccc(Oc3cccc(N)n3)cc2)n(Cc2ccc(F)cc2)c1=O. The molecule has 10 heteroatoms. The van der Waals surface area contributed by atoms with Crippen molar-refractivity contribution < 1.29 is 9.13 Å². The first-order valence-corrected chi connectivity index (χ1v) is 10.2. The number of ether oxygens (including phenoxy) is 1. The van der Waals surface area contributed by atoms with Gasteiger partial charge in [-0.2, -0.15) is 9.97 Å². The summed E-state index contributed by atoms with van der Waals surface area (Å²) in [6.45, 7) is 1.98. The number of hydrogen-bond donors (Lipinski definition) is 2. The summed E-state index contributed by atoms with van der Waals surface area (Å²) in [5.74, 6) is 0.921. The van der Waals surface area contributed by atoms with Gasteiger partial charge in [-0.25, -0.2) is 18.5 Å². The van der Waals surface area contributed by atoms with Gasteiger partial charge in [-0.05, 0) is 55.0 Å². The van der Waals surface area contributed by atoms with E-state index in [1.165, 1.54) is 16.7 Å². The molecule has 2 heterocycles. The van der Waals surface area contributed by atoms with Gasteiger partial charge in [0.05, 0.1) is 6.54 Å². The van der Waals surface area contributed by atoms with Crippen LogP contribution in [0.3, 0.4) is 0 Å². The zero-order valence-electron chi connectivity index (χ0n) is 17.7. The van der Waals surface area contributed by atoms with E-state index >= 15 is 0 Å². The van der Waals surface area contributed by atoms with Crippen LogP contribution in [0.2, 0.25) is 0 Å². The number of anilines is 3. The summed E-state index contributed by atoms with van der Waals surface area (Å²) in [6.07, 6.45) is 0. The number of hydrogen-bond acceptors (Lipinski definition) is 7. The molecule has 0 aliphatic rings. The Morgan fingerprint density at radius 2 is 1.70 bits per heavy atom. The Labute approximate surface area is 187 Å². The zero-order chi connectivity index (χ0) is 23.4. The Bertz CT molecular complexity index is 1380. The normalized spacial score (nSPS) is 10.7. The standard InChI is InChI=1S/C23H21FN6O3/c1-2-29-22(31)28-21(30(23(29)32)14-15-6-8-16(24)9-7-15)26-17-10-12-18(13-11-17)33-20-5-3-4-19(25)27-20/h3-13H,2,14H2,1H3,(H2,25,27)(H,26,28,31). The Morgan fingerprint density at radius 1 is 0.970 bits per heavy atom. The summed E-state index contributed by atoms with van der Waals surface area (Å²) < 4.78 is 21.3. The molecule has 33 heavy (non-hydrogen) atoms. The van der Waals surface area contributed by atoms with E-state index in [1.54, 1.807) is 61.5 Å². The first kappa shape index (κ1) is 21.8. The van der Waals surface area contributed by atoms with Crippen molar-refractivity contribution >= 4 is 17.5 Å². The molecule has 0 aliphatic carbocycles. The van der Waals surface area contributed by atoms with Crippen LogP contribution in [0.25, 0.3) is 0 Å². The Balaban J connectivity index is 1.62. The molecule has 168 valence electrons. The van der Waals surface area contributed by atoms with E-state index in [0.717, 1.165) is 4.57 Å². The van der Waals surface area contributed by atoms with Crippen LogP contribution in [0.5, 0.6) is 11.6 Å². The van der Waals surface area contributed by atoms with Gasteiger partial charge in [0.2, 0.25) is 11.8 Å². The van der Waals surface area contributed by atoms with Crippen LogP contribution in [-0.4, -0.2) is 19.1 Å². The molecule has 0 radical (unpaired) electrons. The van der Waals surface area contributed by atoms with E-state index in [1.807, 2.05) is 0 Å². The maximum absolute atomic E-state index is 13.3. The fraction of sp³-hybridized carbons (Fsp3) is 0.130. The third kappa shape index (κ3) is 5.06. The first-order valence-electron chi connectivity index (χ1n) is 10.2. The lowest BCUT2D eigenvalue weighted by molar-refractivity contribution is 0.464. The number of aromatic nitrogens is 4. The second-order valence-corrected chi connectivity index (χ2v) is 7.11. The summed E-state index contributed by atoms with van der Waals surface area (Å²) in [5.41, 5.74) is 5.75. The van der Waals surface area contributed by atoms with E-state index in [4.69, 9.17) is 10.5 Å². The number of rotatable bonds is 7. The summed E-state index contributed by atoms with van der Waals surface area (Å²) in [6, 6.07) is 17.7. The maximum Gasteiger partial charge on any atom is 0.354 e. The third-order valence-electron chi connectivity index (χ3n) is 4.80. The summed E-state index contributed by atoms with van der Waals surface area (Å²) in [5, 5.41) is 3.01. The summed E-state index contributed by atoms with van der Waals surface area (Å²) >= 11 is 0. The average Bonchev–Trinajstić information content (AvgIpc) is 2.79. The first-order chi connectivity index (χ1) is 15.9. The Hall–Kier alpha value is -4.47. The van der Waals surface area contributed by atoms with Gasteiger partial charge in [0.1, 0.15) is 17.4 Å². The molecule has 0 aliphatic heterocycles. The number of pyridine rings is 1. The smallest absolute Gasteiger partial charge is 0.354 e. The lowest BCUT2D eigenvalue weighted by atomic mass is 10.2. The van der Waals surface area contributed by atoms with Crippen molar-refractivity contribution in [1.29, 1.82) is 0 Å². The minimum atomic E-state index is -0.659. The predicted octanol–water partition coefficient (Wildman–Crippen LogP) is 3.13. The molecule has 2 aromatic heterocycles. The molecule has 0 fully saturated rings. The molecule has 3 N–H and O–H groups in total. The Kier molecular flexibility index (Phi) is 6.16. The van der Waals surface area contributed by atoms with Crippen LogP contribution in [0.1, 0.15) is 12.5 Å². The topological polar surface area (TPSA) is 117 Å². The largest absolute Gasteiger partial charge is 0.439 e. The molecule has 0 atom stereocenters. The highest BCUT2D eigenvalue weighted by Crippen LogP contribution is 2.23. The van der Waals surface area contributed by atoms with E-state index in [-0.39, 0.29) is 24.9 Å². The van der Waals surface area contributed by atoms with Gasteiger partial charge in [-0.3, -0.25) is 4.57 Å². The van der Waals surface area contributed by atoms with Crippen LogP contribution in [0.15, 0.2) is 76.3 Å². The van der Waals surface area contributed by atoms with Crippen molar-refractivity contribution in [3.05, 3.63) is 99.1 Å². The molecule has 0 spiro atoms. The number of nitrogens with zero attached hydrogens (tertiary/aromatic N) is 4. The van der Waals surface area contributed by atoms with Crippen molar-refractivity contribution in [2.24, 2.45) is 0 Å². The van der Waals surface area contributed by atoms with E-state index in [2.05, 4.69) is 15.3 Å². The summed E-state index contributed by atoms with van der Waals surface area (Å²) in [7, 11) is 0. The molecule has 0 unspecified atom stereocenters. The van der Waals surface area contributed by atoms with Gasteiger partial charge < -0.3 is 15.8 Å². The van der Waals surface area contributed by atoms with Crippen molar-refractivity contribution in [2.75, 3.05) is 11.1 Å². The van der Waals surface area contributed by atoms with E-state index < -0.39 is 11.4 Å². The van der Waals surface area contributed by atoms with Gasteiger partial charge in [0.25, 0.3) is 0 Å². The van der Waals surface area contributed by atoms with Crippen molar-refractivity contribution in [3.8, 4) is 11.6 Å². The van der Waals surface area contributed by atoms with Crippen molar-refractivity contribution in [1.82, 2.24) is 19.1 Å². The number of benzene rings is 2. The molecular weight excluding hydrogens is 427 g/mol. The molecule has 4 aromatic rings. The van der Waals surface area contributed by atoms with Crippen molar-refractivity contribution in [2.45, 2.75) is 20.0 Å². The molecule has 0 amide bonds. The fourth-order valence-electron chi connectivity index (χ4n) is 3.15. The molecular formula is C23H21FN6O3. The molecule has 4 rings (SSSR count). The highest BCUT2D eigenvalue weighted by molar-refractivity contribution is 5.55. The van der Waals surface area contributed by atoms with Crippen LogP contribution in [-0.2, 0) is 13.1 Å². The monoisotopic (exact) mass is 448 g/mol.